The highest BCUT2D eigenvalue weighted by molar-refractivity contribution is 14.0. The van der Waals surface area contributed by atoms with Crippen LogP contribution in [0.4, 0.5) is 0 Å². The van der Waals surface area contributed by atoms with Crippen molar-refractivity contribution in [3.63, 3.8) is 0 Å². The van der Waals surface area contributed by atoms with Crippen LogP contribution in [0, 0.1) is 0 Å². The minimum absolute atomic E-state index is 0. The number of hydrogen-bond donors (Lipinski definition) is 2. The van der Waals surface area contributed by atoms with E-state index in [-0.39, 0.29) is 24.0 Å². The monoisotopic (exact) mass is 431 g/mol. The number of rotatable bonds is 4. The average Bonchev–Trinajstić information content (AvgIpc) is 3.29. The molecule has 1 aliphatic carbocycles. The minimum atomic E-state index is 0. The summed E-state index contributed by atoms with van der Waals surface area (Å²) < 4.78 is 0. The van der Waals surface area contributed by atoms with Gasteiger partial charge in [-0.3, -0.25) is 4.99 Å². The van der Waals surface area contributed by atoms with Gasteiger partial charge in [-0.25, -0.2) is 0 Å². The molecule has 2 N–H and O–H groups in total. The maximum absolute atomic E-state index is 4.61. The first-order chi connectivity index (χ1) is 10.4. The third kappa shape index (κ3) is 5.05. The summed E-state index contributed by atoms with van der Waals surface area (Å²) in [6.07, 6.45) is 3.80. The number of benzene rings is 1. The van der Waals surface area contributed by atoms with Gasteiger partial charge in [0, 0.05) is 30.3 Å². The zero-order valence-electron chi connectivity index (χ0n) is 13.1. The van der Waals surface area contributed by atoms with E-state index >= 15 is 0 Å². The van der Waals surface area contributed by atoms with Crippen LogP contribution in [-0.2, 0) is 0 Å². The third-order valence-electron chi connectivity index (χ3n) is 4.16. The van der Waals surface area contributed by atoms with Crippen LogP contribution >= 0.6 is 35.7 Å². The predicted molar refractivity (Wildman–Crippen MR) is 108 cm³/mol. The molecule has 0 amide bonds. The average molecular weight is 431 g/mol. The van der Waals surface area contributed by atoms with Crippen molar-refractivity contribution in [1.82, 2.24) is 10.6 Å². The smallest absolute Gasteiger partial charge is 0.191 e. The van der Waals surface area contributed by atoms with Gasteiger partial charge in [-0.1, -0.05) is 30.3 Å². The summed E-state index contributed by atoms with van der Waals surface area (Å²) in [6, 6.07) is 11.9. The first kappa shape index (κ1) is 17.9. The van der Waals surface area contributed by atoms with Crippen LogP contribution in [0.1, 0.15) is 37.7 Å². The van der Waals surface area contributed by atoms with Gasteiger partial charge < -0.3 is 10.6 Å². The van der Waals surface area contributed by atoms with Crippen LogP contribution in [0.15, 0.2) is 35.3 Å². The molecule has 0 spiro atoms. The number of nitrogens with one attached hydrogen (secondary N) is 2. The van der Waals surface area contributed by atoms with Crippen molar-refractivity contribution >= 4 is 41.7 Å². The second kappa shape index (κ2) is 9.01. The van der Waals surface area contributed by atoms with Crippen LogP contribution in [0.5, 0.6) is 0 Å². The lowest BCUT2D eigenvalue weighted by Crippen LogP contribution is -2.46. The van der Waals surface area contributed by atoms with Crippen molar-refractivity contribution in [3.8, 4) is 0 Å². The third-order valence-corrected chi connectivity index (χ3v) is 5.37. The molecule has 3 unspecified atom stereocenters. The van der Waals surface area contributed by atoms with Gasteiger partial charge in [0.05, 0.1) is 0 Å². The van der Waals surface area contributed by atoms with E-state index in [9.17, 15) is 0 Å². The van der Waals surface area contributed by atoms with Crippen LogP contribution in [0.2, 0.25) is 0 Å². The number of aliphatic imine (C=N–C) groups is 1. The summed E-state index contributed by atoms with van der Waals surface area (Å²) in [4.78, 5) is 4.61. The van der Waals surface area contributed by atoms with Crippen molar-refractivity contribution in [2.75, 3.05) is 18.1 Å². The second-order valence-electron chi connectivity index (χ2n) is 5.89. The zero-order valence-corrected chi connectivity index (χ0v) is 16.3. The quantitative estimate of drug-likeness (QED) is 0.435. The van der Waals surface area contributed by atoms with Crippen molar-refractivity contribution in [2.45, 2.75) is 44.2 Å². The van der Waals surface area contributed by atoms with Crippen molar-refractivity contribution < 1.29 is 0 Å². The van der Waals surface area contributed by atoms with Gasteiger partial charge in [-0.2, -0.15) is 11.8 Å². The Hall–Kier alpha value is -0.430. The van der Waals surface area contributed by atoms with Crippen LogP contribution in [-0.4, -0.2) is 36.1 Å². The van der Waals surface area contributed by atoms with E-state index < -0.39 is 0 Å². The molecule has 3 rings (SSSR count). The lowest BCUT2D eigenvalue weighted by molar-refractivity contribution is 0.580. The normalized spacial score (nSPS) is 27.7. The van der Waals surface area contributed by atoms with Crippen LogP contribution < -0.4 is 10.6 Å². The standard InChI is InChI=1S/C17H25N3S.HI/c1-2-18-17(19-14-9-6-10-21-12-14)20-16-11-15(16)13-7-4-3-5-8-13;/h3-5,7-8,14-16H,2,6,9-12H2,1H3,(H2,18,19,20);1H. The Morgan fingerprint density at radius 1 is 1.27 bits per heavy atom. The lowest BCUT2D eigenvalue weighted by Gasteiger charge is -2.24. The Bertz CT molecular complexity index is 474. The molecule has 1 saturated carbocycles. The van der Waals surface area contributed by atoms with Gasteiger partial charge in [0.15, 0.2) is 5.96 Å². The predicted octanol–water partition coefficient (Wildman–Crippen LogP) is 3.61. The van der Waals surface area contributed by atoms with Crippen LogP contribution in [0.3, 0.4) is 0 Å². The zero-order chi connectivity index (χ0) is 14.5. The topological polar surface area (TPSA) is 36.4 Å². The Balaban J connectivity index is 0.00000176. The van der Waals surface area contributed by atoms with Gasteiger partial charge in [0.2, 0.25) is 0 Å². The Morgan fingerprint density at radius 3 is 2.77 bits per heavy atom. The maximum Gasteiger partial charge on any atom is 0.191 e. The summed E-state index contributed by atoms with van der Waals surface area (Å²) in [7, 11) is 0. The summed E-state index contributed by atoms with van der Waals surface area (Å²) in [5.41, 5.74) is 1.44. The van der Waals surface area contributed by atoms with Gasteiger partial charge in [-0.15, -0.1) is 24.0 Å². The molecule has 5 heteroatoms. The molecule has 0 bridgehead atoms. The molecule has 122 valence electrons. The summed E-state index contributed by atoms with van der Waals surface area (Å²) >= 11 is 2.05. The minimum Gasteiger partial charge on any atom is -0.353 e. The first-order valence-electron chi connectivity index (χ1n) is 8.07. The fourth-order valence-electron chi connectivity index (χ4n) is 2.94. The van der Waals surface area contributed by atoms with E-state index in [1.807, 2.05) is 11.8 Å². The molecule has 0 radical (unpaired) electrons. The number of guanidine groups is 1. The van der Waals surface area contributed by atoms with E-state index in [4.69, 9.17) is 0 Å². The largest absolute Gasteiger partial charge is 0.353 e. The Labute approximate surface area is 155 Å². The molecule has 1 heterocycles. The highest BCUT2D eigenvalue weighted by Crippen LogP contribution is 2.40. The summed E-state index contributed by atoms with van der Waals surface area (Å²) in [5.74, 6) is 4.17. The number of nitrogens with zero attached hydrogens (tertiary/aromatic N) is 1. The fraction of sp³-hybridized carbons (Fsp3) is 0.588. The molecule has 1 aromatic rings. The maximum atomic E-state index is 4.61. The highest BCUT2D eigenvalue weighted by atomic mass is 127. The summed E-state index contributed by atoms with van der Waals surface area (Å²) in [6.45, 7) is 2.93. The van der Waals surface area contributed by atoms with Gasteiger partial charge in [0.1, 0.15) is 0 Å². The lowest BCUT2D eigenvalue weighted by atomic mass is 10.1. The molecule has 1 aliphatic heterocycles. The molecular weight excluding hydrogens is 405 g/mol. The fourth-order valence-corrected chi connectivity index (χ4v) is 4.01. The number of hydrogen-bond acceptors (Lipinski definition) is 2. The van der Waals surface area contributed by atoms with Crippen molar-refractivity contribution in [1.29, 1.82) is 0 Å². The molecule has 3 atom stereocenters. The van der Waals surface area contributed by atoms with E-state index in [1.54, 1.807) is 0 Å². The van der Waals surface area contributed by atoms with E-state index in [2.05, 4.69) is 52.9 Å². The van der Waals surface area contributed by atoms with Crippen molar-refractivity contribution in [2.24, 2.45) is 4.99 Å². The number of thioether (sulfide) groups is 1. The Kier molecular flexibility index (Phi) is 7.34. The summed E-state index contributed by atoms with van der Waals surface area (Å²) in [5, 5.41) is 7.24. The van der Waals surface area contributed by atoms with E-state index in [0.717, 1.165) is 12.5 Å². The highest BCUT2D eigenvalue weighted by Gasteiger charge is 2.39. The van der Waals surface area contributed by atoms with Crippen LogP contribution in [0.25, 0.3) is 0 Å². The van der Waals surface area contributed by atoms with Gasteiger partial charge in [-0.05, 0) is 37.5 Å². The molecular formula is C17H26IN3S. The molecule has 2 aliphatic rings. The second-order valence-corrected chi connectivity index (χ2v) is 7.03. The van der Waals surface area contributed by atoms with Crippen molar-refractivity contribution in [3.05, 3.63) is 35.9 Å². The molecule has 3 nitrogen and oxygen atoms in total. The molecule has 22 heavy (non-hydrogen) atoms. The number of halogens is 1. The molecule has 0 aromatic heterocycles. The van der Waals surface area contributed by atoms with E-state index in [0.29, 0.717) is 18.0 Å². The van der Waals surface area contributed by atoms with Gasteiger partial charge in [0.25, 0.3) is 0 Å². The van der Waals surface area contributed by atoms with E-state index in [1.165, 1.54) is 36.3 Å². The van der Waals surface area contributed by atoms with Gasteiger partial charge >= 0.3 is 0 Å². The first-order valence-corrected chi connectivity index (χ1v) is 9.22. The molecule has 2 fully saturated rings. The SMILES string of the molecule is CCN=C(NC1CCCSC1)NC1CC1c1ccccc1.I. The Morgan fingerprint density at radius 2 is 2.09 bits per heavy atom. The molecule has 1 saturated heterocycles. The molecule has 1 aromatic carbocycles.